The molecule has 20 heavy (non-hydrogen) atoms. The van der Waals surface area contributed by atoms with E-state index in [0.717, 1.165) is 18.7 Å². The standard InChI is InChI=1S/C14H16N4O2/c19-14(9-12-3-8-20-17-12)18-7-6-16-10-13(18)11-1-4-15-5-2-11/h1-5,8,13,16H,6-7,9-10H2. The Balaban J connectivity index is 1.77. The lowest BCUT2D eigenvalue weighted by molar-refractivity contribution is -0.133. The number of pyridine rings is 1. The zero-order valence-electron chi connectivity index (χ0n) is 11.0. The van der Waals surface area contributed by atoms with Crippen molar-refractivity contribution in [3.63, 3.8) is 0 Å². The van der Waals surface area contributed by atoms with Crippen LogP contribution in [0.25, 0.3) is 0 Å². The van der Waals surface area contributed by atoms with Gasteiger partial charge in [0, 0.05) is 38.1 Å². The van der Waals surface area contributed by atoms with Gasteiger partial charge in [0.15, 0.2) is 0 Å². The molecule has 1 unspecified atom stereocenters. The van der Waals surface area contributed by atoms with Gasteiger partial charge in [-0.15, -0.1) is 0 Å². The lowest BCUT2D eigenvalue weighted by atomic mass is 10.0. The van der Waals surface area contributed by atoms with Crippen molar-refractivity contribution in [2.45, 2.75) is 12.5 Å². The van der Waals surface area contributed by atoms with Gasteiger partial charge in [-0.05, 0) is 17.7 Å². The van der Waals surface area contributed by atoms with Crippen molar-refractivity contribution in [2.75, 3.05) is 19.6 Å². The first-order valence-corrected chi connectivity index (χ1v) is 6.64. The number of amides is 1. The number of nitrogens with one attached hydrogen (secondary N) is 1. The quantitative estimate of drug-likeness (QED) is 0.894. The summed E-state index contributed by atoms with van der Waals surface area (Å²) in [5, 5.41) is 7.13. The molecule has 2 aromatic rings. The summed E-state index contributed by atoms with van der Waals surface area (Å²) in [5.74, 6) is 0.0715. The van der Waals surface area contributed by atoms with Crippen LogP contribution in [0.3, 0.4) is 0 Å². The van der Waals surface area contributed by atoms with Crippen molar-refractivity contribution in [2.24, 2.45) is 0 Å². The smallest absolute Gasteiger partial charge is 0.229 e. The second-order valence-electron chi connectivity index (χ2n) is 4.76. The van der Waals surface area contributed by atoms with E-state index in [1.807, 2.05) is 17.0 Å². The van der Waals surface area contributed by atoms with Crippen LogP contribution in [-0.2, 0) is 11.2 Å². The Morgan fingerprint density at radius 2 is 2.25 bits per heavy atom. The molecule has 1 saturated heterocycles. The first-order chi connectivity index (χ1) is 9.84. The summed E-state index contributed by atoms with van der Waals surface area (Å²) in [6.45, 7) is 2.27. The largest absolute Gasteiger partial charge is 0.364 e. The molecule has 2 aromatic heterocycles. The monoisotopic (exact) mass is 272 g/mol. The summed E-state index contributed by atoms with van der Waals surface area (Å²) in [6, 6.07) is 5.68. The number of carbonyl (C=O) groups is 1. The highest BCUT2D eigenvalue weighted by molar-refractivity contribution is 5.79. The summed E-state index contributed by atoms with van der Waals surface area (Å²) >= 11 is 0. The van der Waals surface area contributed by atoms with E-state index in [9.17, 15) is 4.79 Å². The third-order valence-corrected chi connectivity index (χ3v) is 3.48. The molecule has 0 saturated carbocycles. The van der Waals surface area contributed by atoms with E-state index in [0.29, 0.717) is 12.2 Å². The first-order valence-electron chi connectivity index (χ1n) is 6.64. The van der Waals surface area contributed by atoms with E-state index >= 15 is 0 Å². The molecule has 0 aliphatic carbocycles. The molecule has 0 spiro atoms. The SMILES string of the molecule is O=C(Cc1ccon1)N1CCNCC1c1ccncc1. The third kappa shape index (κ3) is 2.70. The first kappa shape index (κ1) is 12.8. The molecule has 3 heterocycles. The molecule has 0 radical (unpaired) electrons. The van der Waals surface area contributed by atoms with Gasteiger partial charge in [0.05, 0.1) is 18.2 Å². The van der Waals surface area contributed by atoms with Crippen molar-refractivity contribution >= 4 is 5.91 Å². The van der Waals surface area contributed by atoms with Crippen molar-refractivity contribution < 1.29 is 9.32 Å². The maximum atomic E-state index is 12.5. The topological polar surface area (TPSA) is 71.3 Å². The lowest BCUT2D eigenvalue weighted by Crippen LogP contribution is -2.49. The highest BCUT2D eigenvalue weighted by Gasteiger charge is 2.28. The van der Waals surface area contributed by atoms with Crippen LogP contribution in [0.15, 0.2) is 41.4 Å². The summed E-state index contributed by atoms with van der Waals surface area (Å²) < 4.78 is 4.77. The third-order valence-electron chi connectivity index (χ3n) is 3.48. The minimum absolute atomic E-state index is 0.0474. The van der Waals surface area contributed by atoms with Gasteiger partial charge in [0.25, 0.3) is 0 Å². The van der Waals surface area contributed by atoms with Crippen LogP contribution >= 0.6 is 0 Å². The molecule has 0 bridgehead atoms. The fourth-order valence-electron chi connectivity index (χ4n) is 2.47. The Hall–Kier alpha value is -2.21. The van der Waals surface area contributed by atoms with Gasteiger partial charge in [-0.25, -0.2) is 0 Å². The van der Waals surface area contributed by atoms with E-state index < -0.39 is 0 Å². The van der Waals surface area contributed by atoms with Crippen LogP contribution in [0.4, 0.5) is 0 Å². The highest BCUT2D eigenvalue weighted by atomic mass is 16.5. The Morgan fingerprint density at radius 1 is 1.40 bits per heavy atom. The molecule has 104 valence electrons. The molecule has 3 rings (SSSR count). The summed E-state index contributed by atoms with van der Waals surface area (Å²) in [7, 11) is 0. The Kier molecular flexibility index (Phi) is 3.73. The number of piperazine rings is 1. The van der Waals surface area contributed by atoms with Crippen LogP contribution in [-0.4, -0.2) is 40.6 Å². The fourth-order valence-corrected chi connectivity index (χ4v) is 2.47. The minimum Gasteiger partial charge on any atom is -0.364 e. The predicted octanol–water partition coefficient (Wildman–Crippen LogP) is 0.785. The molecule has 1 N–H and O–H groups in total. The van der Waals surface area contributed by atoms with Crippen LogP contribution in [0.1, 0.15) is 17.3 Å². The summed E-state index contributed by atoms with van der Waals surface area (Å²) in [6.07, 6.45) is 5.27. The van der Waals surface area contributed by atoms with E-state index in [-0.39, 0.29) is 18.4 Å². The van der Waals surface area contributed by atoms with Crippen LogP contribution < -0.4 is 5.32 Å². The molecule has 1 aliphatic heterocycles. The van der Waals surface area contributed by atoms with Gasteiger partial charge < -0.3 is 14.7 Å². The molecular formula is C14H16N4O2. The number of nitrogens with zero attached hydrogens (tertiary/aromatic N) is 3. The minimum atomic E-state index is 0.0474. The van der Waals surface area contributed by atoms with Gasteiger partial charge in [0.2, 0.25) is 5.91 Å². The van der Waals surface area contributed by atoms with Gasteiger partial charge in [0.1, 0.15) is 6.26 Å². The maximum absolute atomic E-state index is 12.5. The molecule has 1 aliphatic rings. The van der Waals surface area contributed by atoms with Crippen molar-refractivity contribution in [3.8, 4) is 0 Å². The number of carbonyl (C=O) groups excluding carboxylic acids is 1. The Bertz CT molecular complexity index is 556. The van der Waals surface area contributed by atoms with E-state index in [1.54, 1.807) is 18.5 Å². The van der Waals surface area contributed by atoms with E-state index in [1.165, 1.54) is 6.26 Å². The van der Waals surface area contributed by atoms with Crippen molar-refractivity contribution in [1.29, 1.82) is 0 Å². The van der Waals surface area contributed by atoms with Crippen molar-refractivity contribution in [1.82, 2.24) is 20.4 Å². The number of rotatable bonds is 3. The molecule has 1 fully saturated rings. The van der Waals surface area contributed by atoms with Crippen LogP contribution in [0, 0.1) is 0 Å². The number of hydrogen-bond donors (Lipinski definition) is 1. The average Bonchev–Trinajstić information content (AvgIpc) is 3.01. The second-order valence-corrected chi connectivity index (χ2v) is 4.76. The Labute approximate surface area is 116 Å². The summed E-state index contributed by atoms with van der Waals surface area (Å²) in [4.78, 5) is 18.4. The maximum Gasteiger partial charge on any atom is 0.229 e. The highest BCUT2D eigenvalue weighted by Crippen LogP contribution is 2.22. The summed E-state index contributed by atoms with van der Waals surface area (Å²) in [5.41, 5.74) is 1.77. The van der Waals surface area contributed by atoms with Gasteiger partial charge in [-0.3, -0.25) is 9.78 Å². The van der Waals surface area contributed by atoms with E-state index in [2.05, 4.69) is 15.5 Å². The van der Waals surface area contributed by atoms with Gasteiger partial charge >= 0.3 is 0 Å². The van der Waals surface area contributed by atoms with E-state index in [4.69, 9.17) is 4.52 Å². The number of hydrogen-bond acceptors (Lipinski definition) is 5. The molecule has 6 heteroatoms. The second kappa shape index (κ2) is 5.83. The molecular weight excluding hydrogens is 256 g/mol. The zero-order chi connectivity index (χ0) is 13.8. The Morgan fingerprint density at radius 3 is 3.00 bits per heavy atom. The normalized spacial score (nSPS) is 19.0. The number of aromatic nitrogens is 2. The molecule has 1 amide bonds. The zero-order valence-corrected chi connectivity index (χ0v) is 11.0. The lowest BCUT2D eigenvalue weighted by Gasteiger charge is -2.36. The van der Waals surface area contributed by atoms with Gasteiger partial charge in [-0.1, -0.05) is 5.16 Å². The fraction of sp³-hybridized carbons (Fsp3) is 0.357. The van der Waals surface area contributed by atoms with Crippen molar-refractivity contribution in [3.05, 3.63) is 48.1 Å². The molecule has 1 atom stereocenters. The van der Waals surface area contributed by atoms with Gasteiger partial charge in [-0.2, -0.15) is 0 Å². The average molecular weight is 272 g/mol. The molecule has 6 nitrogen and oxygen atoms in total. The predicted molar refractivity (Wildman–Crippen MR) is 71.8 cm³/mol. The molecule has 0 aromatic carbocycles. The van der Waals surface area contributed by atoms with Crippen LogP contribution in [0.5, 0.6) is 0 Å². The van der Waals surface area contributed by atoms with Crippen LogP contribution in [0.2, 0.25) is 0 Å².